The van der Waals surface area contributed by atoms with Crippen LogP contribution in [0.4, 0.5) is 0 Å². The van der Waals surface area contributed by atoms with Crippen LogP contribution in [-0.2, 0) is 11.2 Å². The van der Waals surface area contributed by atoms with Crippen molar-refractivity contribution in [3.63, 3.8) is 0 Å². The number of phenols is 1. The SMILES string of the molecule is O=C(CCc1ccccc1O)N(CCO)CCO. The second-order valence-corrected chi connectivity index (χ2v) is 3.96. The molecule has 0 spiro atoms. The van der Waals surface area contributed by atoms with Crippen LogP contribution in [-0.4, -0.2) is 52.4 Å². The van der Waals surface area contributed by atoms with Crippen molar-refractivity contribution >= 4 is 5.91 Å². The number of para-hydroxylation sites is 1. The summed E-state index contributed by atoms with van der Waals surface area (Å²) in [5.41, 5.74) is 0.721. The van der Waals surface area contributed by atoms with Crippen molar-refractivity contribution in [2.75, 3.05) is 26.3 Å². The molecule has 0 aliphatic rings. The highest BCUT2D eigenvalue weighted by atomic mass is 16.3. The van der Waals surface area contributed by atoms with Gasteiger partial charge in [-0.3, -0.25) is 4.79 Å². The molecule has 0 unspecified atom stereocenters. The number of hydrogen-bond donors (Lipinski definition) is 3. The number of aryl methyl sites for hydroxylation is 1. The van der Waals surface area contributed by atoms with Crippen LogP contribution in [0, 0.1) is 0 Å². The Morgan fingerprint density at radius 2 is 1.72 bits per heavy atom. The number of carbonyl (C=O) groups is 1. The molecule has 5 heteroatoms. The van der Waals surface area contributed by atoms with Gasteiger partial charge in [0, 0.05) is 19.5 Å². The number of phenolic OH excluding ortho intramolecular Hbond substituents is 1. The molecule has 0 radical (unpaired) electrons. The summed E-state index contributed by atoms with van der Waals surface area (Å²) in [5, 5.41) is 27.2. The minimum Gasteiger partial charge on any atom is -0.508 e. The van der Waals surface area contributed by atoms with Gasteiger partial charge in [-0.15, -0.1) is 0 Å². The fourth-order valence-electron chi connectivity index (χ4n) is 1.72. The predicted molar refractivity (Wildman–Crippen MR) is 67.2 cm³/mol. The van der Waals surface area contributed by atoms with Gasteiger partial charge in [0.1, 0.15) is 5.75 Å². The first-order chi connectivity index (χ1) is 8.69. The van der Waals surface area contributed by atoms with Crippen molar-refractivity contribution in [2.24, 2.45) is 0 Å². The number of amides is 1. The molecule has 0 saturated carbocycles. The molecule has 0 aromatic heterocycles. The van der Waals surface area contributed by atoms with Crippen LogP contribution in [0.25, 0.3) is 0 Å². The molecule has 18 heavy (non-hydrogen) atoms. The summed E-state index contributed by atoms with van der Waals surface area (Å²) in [4.78, 5) is 13.2. The van der Waals surface area contributed by atoms with Gasteiger partial charge in [0.25, 0.3) is 0 Å². The number of hydrogen-bond acceptors (Lipinski definition) is 4. The van der Waals surface area contributed by atoms with Crippen LogP contribution in [0.5, 0.6) is 5.75 Å². The fourth-order valence-corrected chi connectivity index (χ4v) is 1.72. The Labute approximate surface area is 106 Å². The average Bonchev–Trinajstić information content (AvgIpc) is 2.37. The summed E-state index contributed by atoms with van der Waals surface area (Å²) in [7, 11) is 0. The van der Waals surface area contributed by atoms with Crippen LogP contribution in [0.3, 0.4) is 0 Å². The van der Waals surface area contributed by atoms with Gasteiger partial charge in [-0.2, -0.15) is 0 Å². The van der Waals surface area contributed by atoms with E-state index in [4.69, 9.17) is 10.2 Å². The highest BCUT2D eigenvalue weighted by molar-refractivity contribution is 5.76. The number of aromatic hydroxyl groups is 1. The maximum absolute atomic E-state index is 11.8. The molecule has 100 valence electrons. The Bertz CT molecular complexity index is 375. The van der Waals surface area contributed by atoms with E-state index in [0.717, 1.165) is 5.56 Å². The summed E-state index contributed by atoms with van der Waals surface area (Å²) in [6.07, 6.45) is 0.691. The van der Waals surface area contributed by atoms with Crippen molar-refractivity contribution in [3.8, 4) is 5.75 Å². The zero-order valence-electron chi connectivity index (χ0n) is 10.2. The van der Waals surface area contributed by atoms with E-state index in [1.807, 2.05) is 0 Å². The maximum Gasteiger partial charge on any atom is 0.223 e. The molecule has 0 fully saturated rings. The molecule has 0 saturated heterocycles. The maximum atomic E-state index is 11.8. The second kappa shape index (κ2) is 7.68. The quantitative estimate of drug-likeness (QED) is 0.645. The normalized spacial score (nSPS) is 10.3. The predicted octanol–water partition coefficient (Wildman–Crippen LogP) is 0.138. The zero-order valence-corrected chi connectivity index (χ0v) is 10.2. The topological polar surface area (TPSA) is 81.0 Å². The van der Waals surface area contributed by atoms with Crippen LogP contribution in [0.2, 0.25) is 0 Å². The first kappa shape index (κ1) is 14.5. The molecule has 3 N–H and O–H groups in total. The molecular formula is C13H19NO4. The summed E-state index contributed by atoms with van der Waals surface area (Å²) in [5.74, 6) is 0.0440. The summed E-state index contributed by atoms with van der Waals surface area (Å²) in [6.45, 7) is 0.199. The van der Waals surface area contributed by atoms with E-state index in [9.17, 15) is 9.90 Å². The summed E-state index contributed by atoms with van der Waals surface area (Å²) >= 11 is 0. The summed E-state index contributed by atoms with van der Waals surface area (Å²) < 4.78 is 0. The van der Waals surface area contributed by atoms with E-state index in [-0.39, 0.29) is 44.4 Å². The average molecular weight is 253 g/mol. The van der Waals surface area contributed by atoms with Gasteiger partial charge >= 0.3 is 0 Å². The Kier molecular flexibility index (Phi) is 6.18. The number of nitrogens with zero attached hydrogens (tertiary/aromatic N) is 1. The Hall–Kier alpha value is -1.59. The minimum absolute atomic E-state index is 0.123. The van der Waals surface area contributed by atoms with Gasteiger partial charge in [-0.1, -0.05) is 18.2 Å². The molecule has 1 amide bonds. The third kappa shape index (κ3) is 4.35. The van der Waals surface area contributed by atoms with Gasteiger partial charge in [-0.05, 0) is 18.1 Å². The molecule has 0 aliphatic carbocycles. The lowest BCUT2D eigenvalue weighted by molar-refractivity contribution is -0.132. The molecule has 0 bridgehead atoms. The molecule has 0 aliphatic heterocycles. The van der Waals surface area contributed by atoms with Crippen LogP contribution in [0.1, 0.15) is 12.0 Å². The number of rotatable bonds is 7. The standard InChI is InChI=1S/C13H19NO4/c15-9-7-14(8-10-16)13(18)6-5-11-3-1-2-4-12(11)17/h1-4,15-17H,5-10H2. The molecule has 1 rings (SSSR count). The van der Waals surface area contributed by atoms with E-state index < -0.39 is 0 Å². The van der Waals surface area contributed by atoms with Gasteiger partial charge in [-0.25, -0.2) is 0 Å². The largest absolute Gasteiger partial charge is 0.508 e. The molecule has 0 atom stereocenters. The van der Waals surface area contributed by atoms with Gasteiger partial charge in [0.05, 0.1) is 13.2 Å². The second-order valence-electron chi connectivity index (χ2n) is 3.96. The molecule has 1 aromatic carbocycles. The van der Waals surface area contributed by atoms with Crippen LogP contribution >= 0.6 is 0 Å². The lowest BCUT2D eigenvalue weighted by Gasteiger charge is -2.20. The third-order valence-corrected chi connectivity index (χ3v) is 2.69. The highest BCUT2D eigenvalue weighted by Crippen LogP contribution is 2.17. The number of aliphatic hydroxyl groups is 2. The lowest BCUT2D eigenvalue weighted by Crippen LogP contribution is -2.35. The van der Waals surface area contributed by atoms with E-state index in [0.29, 0.717) is 6.42 Å². The van der Waals surface area contributed by atoms with Gasteiger partial charge < -0.3 is 20.2 Å². The fraction of sp³-hybridized carbons (Fsp3) is 0.462. The van der Waals surface area contributed by atoms with E-state index in [2.05, 4.69) is 0 Å². The smallest absolute Gasteiger partial charge is 0.223 e. The first-order valence-electron chi connectivity index (χ1n) is 5.95. The minimum atomic E-state index is -0.138. The zero-order chi connectivity index (χ0) is 13.4. The van der Waals surface area contributed by atoms with Gasteiger partial charge in [0.2, 0.25) is 5.91 Å². The van der Waals surface area contributed by atoms with E-state index in [1.165, 1.54) is 4.90 Å². The summed E-state index contributed by atoms with van der Waals surface area (Å²) in [6, 6.07) is 6.88. The van der Waals surface area contributed by atoms with Crippen LogP contribution < -0.4 is 0 Å². The number of aliphatic hydroxyl groups excluding tert-OH is 2. The number of benzene rings is 1. The molecular weight excluding hydrogens is 234 g/mol. The molecule has 5 nitrogen and oxygen atoms in total. The Morgan fingerprint density at radius 3 is 2.28 bits per heavy atom. The van der Waals surface area contributed by atoms with E-state index >= 15 is 0 Å². The van der Waals surface area contributed by atoms with Crippen molar-refractivity contribution in [1.29, 1.82) is 0 Å². The Morgan fingerprint density at radius 1 is 1.11 bits per heavy atom. The van der Waals surface area contributed by atoms with Crippen molar-refractivity contribution < 1.29 is 20.1 Å². The van der Waals surface area contributed by atoms with Crippen molar-refractivity contribution in [1.82, 2.24) is 4.90 Å². The number of carbonyl (C=O) groups excluding carboxylic acids is 1. The van der Waals surface area contributed by atoms with Crippen molar-refractivity contribution in [2.45, 2.75) is 12.8 Å². The van der Waals surface area contributed by atoms with Gasteiger partial charge in [0.15, 0.2) is 0 Å². The lowest BCUT2D eigenvalue weighted by atomic mass is 10.1. The monoisotopic (exact) mass is 253 g/mol. The van der Waals surface area contributed by atoms with Crippen molar-refractivity contribution in [3.05, 3.63) is 29.8 Å². The molecule has 0 heterocycles. The molecule has 1 aromatic rings. The van der Waals surface area contributed by atoms with Crippen LogP contribution in [0.15, 0.2) is 24.3 Å². The third-order valence-electron chi connectivity index (χ3n) is 2.69. The first-order valence-corrected chi connectivity index (χ1v) is 5.95. The van der Waals surface area contributed by atoms with E-state index in [1.54, 1.807) is 24.3 Å². The Balaban J connectivity index is 2.51. The highest BCUT2D eigenvalue weighted by Gasteiger charge is 2.12.